The first-order valence-electron chi connectivity index (χ1n) is 43.2. The van der Waals surface area contributed by atoms with Gasteiger partial charge in [-0.1, -0.05) is 429 Å². The van der Waals surface area contributed by atoms with Crippen molar-refractivity contribution in [3.63, 3.8) is 0 Å². The molecule has 8 nitrogen and oxygen atoms in total. The Hall–Kier alpha value is -2.64. The monoisotopic (exact) mass is 1340 g/mol. The molecule has 0 aromatic heterocycles. The second kappa shape index (κ2) is 87.4. The molecule has 8 heteroatoms. The molecule has 0 saturated carbocycles. The van der Waals surface area contributed by atoms with Gasteiger partial charge in [-0.3, -0.25) is 19.2 Å². The van der Waals surface area contributed by atoms with Crippen molar-refractivity contribution in [1.82, 2.24) is 0 Å². The molecule has 0 aliphatic rings. The van der Waals surface area contributed by atoms with Gasteiger partial charge in [-0.2, -0.15) is 0 Å². The van der Waals surface area contributed by atoms with Gasteiger partial charge in [0.25, 0.3) is 0 Å². The fourth-order valence-electron chi connectivity index (χ4n) is 13.9. The SMILES string of the molecule is NC(=O)CCCCCCC/C=C\CCCCCCCCCCCCCCCCC/C=C\CCCCCCCC(N)=O.NC(=O)CCCCCCCCCCCCCCCCCCCCCCCCCCCCCCCCCCCCCCCCCCCCCCCCC(N)=O. The van der Waals surface area contributed by atoms with E-state index in [1.807, 2.05) is 0 Å². The largest absolute Gasteiger partial charge is 0.370 e. The highest BCUT2D eigenvalue weighted by Crippen LogP contribution is 2.21. The molecule has 0 unspecified atom stereocenters. The Morgan fingerprint density at radius 1 is 0.126 bits per heavy atom. The maximum absolute atomic E-state index is 10.7. The molecule has 0 aromatic rings. The van der Waals surface area contributed by atoms with E-state index in [4.69, 9.17) is 22.9 Å². The van der Waals surface area contributed by atoms with Gasteiger partial charge >= 0.3 is 0 Å². The molecule has 0 heterocycles. The van der Waals surface area contributed by atoms with Gasteiger partial charge < -0.3 is 22.9 Å². The Bertz CT molecular complexity index is 1450. The van der Waals surface area contributed by atoms with E-state index in [2.05, 4.69) is 24.3 Å². The lowest BCUT2D eigenvalue weighted by atomic mass is 10.0. The number of rotatable bonds is 83. The molecule has 0 aliphatic heterocycles. The number of hydrogen-bond donors (Lipinski definition) is 4. The third kappa shape index (κ3) is 97.8. The summed E-state index contributed by atoms with van der Waals surface area (Å²) in [6, 6.07) is 0. The maximum Gasteiger partial charge on any atom is 0.217 e. The van der Waals surface area contributed by atoms with Crippen molar-refractivity contribution in [3.8, 4) is 0 Å². The van der Waals surface area contributed by atoms with E-state index in [-0.39, 0.29) is 23.6 Å². The van der Waals surface area contributed by atoms with Crippen LogP contribution in [0.3, 0.4) is 0 Å². The second-order valence-corrected chi connectivity index (χ2v) is 30.1. The summed E-state index contributed by atoms with van der Waals surface area (Å²) in [5, 5.41) is 0. The van der Waals surface area contributed by atoms with Crippen LogP contribution in [0.15, 0.2) is 24.3 Å². The first-order chi connectivity index (χ1) is 46.8. The number of primary amides is 4. The Balaban J connectivity index is 0. The highest BCUT2D eigenvalue weighted by molar-refractivity contribution is 5.74. The smallest absolute Gasteiger partial charge is 0.217 e. The van der Waals surface area contributed by atoms with Crippen LogP contribution in [0, 0.1) is 0 Å². The topological polar surface area (TPSA) is 172 Å². The van der Waals surface area contributed by atoms with Gasteiger partial charge in [0.05, 0.1) is 0 Å². The van der Waals surface area contributed by atoms with Crippen LogP contribution >= 0.6 is 0 Å². The summed E-state index contributed by atoms with van der Waals surface area (Å²) < 4.78 is 0. The summed E-state index contributed by atoms with van der Waals surface area (Å²) in [4.78, 5) is 42.8. The molecule has 0 saturated heterocycles. The highest BCUT2D eigenvalue weighted by atomic mass is 16.2. The molecule has 0 aromatic carbocycles. The minimum Gasteiger partial charge on any atom is -0.370 e. The minimum absolute atomic E-state index is 0.149. The molecule has 4 amide bonds. The van der Waals surface area contributed by atoms with Gasteiger partial charge in [-0.05, 0) is 77.0 Å². The molecule has 0 spiro atoms. The van der Waals surface area contributed by atoms with E-state index < -0.39 is 0 Å². The number of carbonyl (C=O) groups excluding carboxylic acids is 4. The lowest BCUT2D eigenvalue weighted by Crippen LogP contribution is -2.09. The van der Waals surface area contributed by atoms with Crippen molar-refractivity contribution < 1.29 is 19.2 Å². The number of allylic oxidation sites excluding steroid dienone is 4. The Labute approximate surface area is 594 Å². The van der Waals surface area contributed by atoms with Crippen molar-refractivity contribution >= 4 is 23.6 Å². The predicted molar refractivity (Wildman–Crippen MR) is 420 cm³/mol. The Morgan fingerprint density at radius 2 is 0.200 bits per heavy atom. The zero-order chi connectivity index (χ0) is 69.0. The molecule has 95 heavy (non-hydrogen) atoms. The zero-order valence-corrected chi connectivity index (χ0v) is 64.1. The summed E-state index contributed by atoms with van der Waals surface area (Å²) >= 11 is 0. The number of hydrogen-bond acceptors (Lipinski definition) is 4. The quantitative estimate of drug-likeness (QED) is 0.0351. The molecule has 0 rings (SSSR count). The van der Waals surface area contributed by atoms with E-state index in [1.54, 1.807) is 0 Å². The third-order valence-corrected chi connectivity index (χ3v) is 20.3. The van der Waals surface area contributed by atoms with E-state index in [0.29, 0.717) is 25.7 Å². The summed E-state index contributed by atoms with van der Waals surface area (Å²) in [7, 11) is 0. The Morgan fingerprint density at radius 3 is 0.284 bits per heavy atom. The van der Waals surface area contributed by atoms with Crippen molar-refractivity contribution in [3.05, 3.63) is 24.3 Å². The van der Waals surface area contributed by atoms with Crippen LogP contribution < -0.4 is 22.9 Å². The standard InChI is InChI=1S/C50H100N2O2.C37H70N2O2/c51-49(53)47-45-43-41-39-37-35-33-31-29-27-25-23-21-19-17-15-13-11-9-7-5-3-1-2-4-6-8-10-12-14-16-18-20-22-24-26-28-30-32-34-36-38-40-42-44-46-48-50(52)54;38-36(40)34-32-30-28-26-24-22-20-18-16-14-12-10-8-6-4-2-1-3-5-7-9-11-13-15-17-19-21-23-25-27-29-31-33-35-37(39)41/h1-48H2,(H2,51,53)(H2,52,54);18-21H,1-17,22-35H2,(H2,38,40)(H2,39,41)/b;20-18-,21-19-. The molecule has 0 atom stereocenters. The molecule has 0 aliphatic carbocycles. The van der Waals surface area contributed by atoms with Gasteiger partial charge in [0.1, 0.15) is 0 Å². The average molecular weight is 1340 g/mol. The molecule has 562 valence electrons. The fourth-order valence-corrected chi connectivity index (χ4v) is 13.9. The molecule has 0 fully saturated rings. The number of amides is 4. The average Bonchev–Trinajstić information content (AvgIpc) is 3.56. The predicted octanol–water partition coefficient (Wildman–Crippen LogP) is 27.8. The van der Waals surface area contributed by atoms with Gasteiger partial charge in [0.15, 0.2) is 0 Å². The van der Waals surface area contributed by atoms with E-state index in [9.17, 15) is 19.2 Å². The van der Waals surface area contributed by atoms with Crippen LogP contribution in [0.1, 0.15) is 507 Å². The number of nitrogens with two attached hydrogens (primary N) is 4. The summed E-state index contributed by atoms with van der Waals surface area (Å²) in [6.07, 6.45) is 114. The van der Waals surface area contributed by atoms with Crippen molar-refractivity contribution in [2.45, 2.75) is 507 Å². The second-order valence-electron chi connectivity index (χ2n) is 30.1. The Kier molecular flexibility index (Phi) is 86.9. The van der Waals surface area contributed by atoms with Crippen molar-refractivity contribution in [2.24, 2.45) is 22.9 Å². The lowest BCUT2D eigenvalue weighted by Gasteiger charge is -2.05. The van der Waals surface area contributed by atoms with Crippen LogP contribution in [0.25, 0.3) is 0 Å². The van der Waals surface area contributed by atoms with Crippen molar-refractivity contribution in [2.75, 3.05) is 0 Å². The molecular weight excluding hydrogens is 1160 g/mol. The van der Waals surface area contributed by atoms with Crippen LogP contribution in [-0.4, -0.2) is 23.6 Å². The number of carbonyl (C=O) groups is 4. The summed E-state index contributed by atoms with van der Waals surface area (Å²) in [6.45, 7) is 0. The molecular formula is C87H170N4O4. The van der Waals surface area contributed by atoms with Crippen molar-refractivity contribution in [1.29, 1.82) is 0 Å². The van der Waals surface area contributed by atoms with Crippen LogP contribution in [0.4, 0.5) is 0 Å². The van der Waals surface area contributed by atoms with Crippen LogP contribution in [0.2, 0.25) is 0 Å². The molecule has 0 bridgehead atoms. The molecule has 8 N–H and O–H groups in total. The van der Waals surface area contributed by atoms with Crippen LogP contribution in [0.5, 0.6) is 0 Å². The zero-order valence-electron chi connectivity index (χ0n) is 64.1. The van der Waals surface area contributed by atoms with Crippen LogP contribution in [-0.2, 0) is 19.2 Å². The van der Waals surface area contributed by atoms with E-state index in [0.717, 1.165) is 38.5 Å². The summed E-state index contributed by atoms with van der Waals surface area (Å²) in [5.74, 6) is -0.627. The van der Waals surface area contributed by atoms with Gasteiger partial charge in [0, 0.05) is 25.7 Å². The van der Waals surface area contributed by atoms with Gasteiger partial charge in [-0.15, -0.1) is 0 Å². The minimum atomic E-state index is -0.165. The van der Waals surface area contributed by atoms with E-state index >= 15 is 0 Å². The molecule has 0 radical (unpaired) electrons. The summed E-state index contributed by atoms with van der Waals surface area (Å²) in [5.41, 5.74) is 20.7. The van der Waals surface area contributed by atoms with Gasteiger partial charge in [0.2, 0.25) is 23.6 Å². The third-order valence-electron chi connectivity index (χ3n) is 20.3. The highest BCUT2D eigenvalue weighted by Gasteiger charge is 2.03. The van der Waals surface area contributed by atoms with Gasteiger partial charge in [-0.25, -0.2) is 0 Å². The first-order valence-corrected chi connectivity index (χ1v) is 43.2. The fraction of sp³-hybridized carbons (Fsp3) is 0.908. The van der Waals surface area contributed by atoms with E-state index in [1.165, 1.54) is 443 Å². The number of unbranched alkanes of at least 4 members (excludes halogenated alkanes) is 71. The first kappa shape index (κ1) is 94.4. The lowest BCUT2D eigenvalue weighted by molar-refractivity contribution is -0.119. The maximum atomic E-state index is 10.7. The normalized spacial score (nSPS) is 11.6.